The summed E-state index contributed by atoms with van der Waals surface area (Å²) in [5, 5.41) is 5.48. The molecule has 0 radical (unpaired) electrons. The second-order valence-electron chi connectivity index (χ2n) is 20.1. The van der Waals surface area contributed by atoms with Crippen LogP contribution in [0.15, 0.2) is 60.7 Å². The predicted molar refractivity (Wildman–Crippen MR) is 256 cm³/mol. The second-order valence-corrected chi connectivity index (χ2v) is 20.1. The number of likely N-dealkylation sites (tertiary alicyclic amines) is 2. The Morgan fingerprint density at radius 2 is 1.18 bits per heavy atom. The number of aromatic amines is 2. The number of methoxy groups -OCH3 is 3. The summed E-state index contributed by atoms with van der Waals surface area (Å²) in [6.45, 7) is 15.3. The summed E-state index contributed by atoms with van der Waals surface area (Å²) >= 11 is 0. The minimum Gasteiger partial charge on any atom is -0.453 e. The molecule has 2 aromatic heterocycles. The van der Waals surface area contributed by atoms with Crippen LogP contribution in [0.4, 0.5) is 15.3 Å². The lowest BCUT2D eigenvalue weighted by atomic mass is 9.87. The molecule has 4 N–H and O–H groups in total. The van der Waals surface area contributed by atoms with Crippen LogP contribution in [0.2, 0.25) is 0 Å². The first-order valence-corrected chi connectivity index (χ1v) is 23.7. The lowest BCUT2D eigenvalue weighted by Crippen LogP contribution is -2.51. The van der Waals surface area contributed by atoms with Gasteiger partial charge in [-0.15, -0.1) is 0 Å². The van der Waals surface area contributed by atoms with Crippen molar-refractivity contribution in [2.45, 2.75) is 128 Å². The van der Waals surface area contributed by atoms with Crippen molar-refractivity contribution in [1.82, 2.24) is 40.4 Å². The molecule has 16 heteroatoms. The fourth-order valence-electron chi connectivity index (χ4n) is 10.3. The highest BCUT2D eigenvalue weighted by atomic mass is 16.5. The molecule has 3 fully saturated rings. The Morgan fingerprint density at radius 1 is 0.672 bits per heavy atom. The maximum atomic E-state index is 14.1. The Hall–Kier alpha value is -6.16. The minimum atomic E-state index is -0.773. The lowest BCUT2D eigenvalue weighted by molar-refractivity contribution is -0.136. The molecule has 5 aromatic rings. The zero-order valence-electron chi connectivity index (χ0n) is 40.5. The molecule has 0 aliphatic carbocycles. The molecule has 0 saturated carbocycles. The summed E-state index contributed by atoms with van der Waals surface area (Å²) in [4.78, 5) is 75.9. The Labute approximate surface area is 392 Å². The molecule has 16 nitrogen and oxygen atoms in total. The van der Waals surface area contributed by atoms with E-state index in [1.807, 2.05) is 32.6 Å². The number of imidazole rings is 2. The molecule has 5 heterocycles. The van der Waals surface area contributed by atoms with E-state index >= 15 is 0 Å². The maximum absolute atomic E-state index is 14.1. The number of aromatic nitrogens is 4. The van der Waals surface area contributed by atoms with Crippen LogP contribution in [0.1, 0.15) is 133 Å². The molecule has 3 aliphatic heterocycles. The summed E-state index contributed by atoms with van der Waals surface area (Å²) in [7, 11) is 4.24. The molecular formula is C51H67N9O7. The van der Waals surface area contributed by atoms with Gasteiger partial charge in [0.15, 0.2) is 0 Å². The number of carbonyl (C=O) groups is 4. The highest BCUT2D eigenvalue weighted by Gasteiger charge is 2.43. The second kappa shape index (κ2) is 19.2. The van der Waals surface area contributed by atoms with Gasteiger partial charge in [-0.25, -0.2) is 19.6 Å². The van der Waals surface area contributed by atoms with Crippen molar-refractivity contribution in [3.63, 3.8) is 0 Å². The van der Waals surface area contributed by atoms with Crippen LogP contribution in [0.25, 0.3) is 22.1 Å². The normalized spacial score (nSPS) is 22.0. The SMILES string of the molecule is COC(=O)NC(C(=O)N1CCC[C@H]1c1nc2cc([C@H]3CC[C@H](c4ccc5[nH]c([C@@H]6C[C@H](OC)CN6C(=O)[C@@H](NC(=O)OC)C(C)C)nc5c4)N3c3ccc(C(C)(C)C)cc3)ccc2[nH]1)C(C)C. The summed E-state index contributed by atoms with van der Waals surface area (Å²) in [6.07, 6.45) is 2.50. The van der Waals surface area contributed by atoms with Crippen molar-refractivity contribution in [3.8, 4) is 0 Å². The first-order chi connectivity index (χ1) is 32.0. The van der Waals surface area contributed by atoms with Crippen LogP contribution in [0, 0.1) is 11.8 Å². The van der Waals surface area contributed by atoms with Crippen LogP contribution < -0.4 is 15.5 Å². The van der Waals surface area contributed by atoms with Crippen molar-refractivity contribution in [3.05, 3.63) is 89.0 Å². The Morgan fingerprint density at radius 3 is 1.66 bits per heavy atom. The molecule has 3 saturated heterocycles. The van der Waals surface area contributed by atoms with E-state index in [0.717, 1.165) is 70.4 Å². The highest BCUT2D eigenvalue weighted by Crippen LogP contribution is 2.48. The molecule has 4 amide bonds. The largest absolute Gasteiger partial charge is 0.453 e. The van der Waals surface area contributed by atoms with E-state index in [4.69, 9.17) is 24.2 Å². The van der Waals surface area contributed by atoms with Gasteiger partial charge in [0.05, 0.1) is 66.6 Å². The van der Waals surface area contributed by atoms with Gasteiger partial charge in [0.1, 0.15) is 23.7 Å². The third kappa shape index (κ3) is 9.54. The molecule has 8 rings (SSSR count). The number of hydrogen-bond donors (Lipinski definition) is 4. The van der Waals surface area contributed by atoms with E-state index in [1.54, 1.807) is 12.0 Å². The van der Waals surface area contributed by atoms with Crippen LogP contribution in [0.3, 0.4) is 0 Å². The number of hydrogen-bond acceptors (Lipinski definition) is 10. The standard InChI is InChI=1S/C51H67N9O7/c1-28(2)43(56-49(63)66-9)47(61)58-23-11-12-41(58)45-52-35-19-13-30(24-37(35)54-45)39-21-22-40(60(39)33-17-15-32(16-18-33)51(5,6)7)31-14-20-36-38(25-31)55-46(53-36)42-26-34(65-8)27-59(42)48(62)44(29(3)4)57-50(64)67-10/h13-20,24-25,28-29,34,39-44H,11-12,21-23,26-27H2,1-10H3,(H,52,54)(H,53,55)(H,56,63)(H,57,64)/t34-,39+,40+,41-,42-,43?,44-/m0/s1. The van der Waals surface area contributed by atoms with Gasteiger partial charge >= 0.3 is 12.2 Å². The number of ether oxygens (including phenoxy) is 3. The highest BCUT2D eigenvalue weighted by molar-refractivity contribution is 5.88. The number of anilines is 1. The van der Waals surface area contributed by atoms with E-state index in [0.29, 0.717) is 25.3 Å². The number of nitrogens with one attached hydrogen (secondary N) is 4. The first kappa shape index (κ1) is 47.3. The van der Waals surface area contributed by atoms with E-state index < -0.39 is 24.3 Å². The monoisotopic (exact) mass is 918 g/mol. The zero-order valence-corrected chi connectivity index (χ0v) is 40.5. The third-order valence-corrected chi connectivity index (χ3v) is 14.1. The number of fused-ring (bicyclic) bond motifs is 2. The quantitative estimate of drug-likeness (QED) is 0.0945. The van der Waals surface area contributed by atoms with Crippen LogP contribution in [-0.4, -0.2) is 106 Å². The van der Waals surface area contributed by atoms with E-state index in [-0.39, 0.29) is 59.3 Å². The number of rotatable bonds is 12. The smallest absolute Gasteiger partial charge is 0.407 e. The van der Waals surface area contributed by atoms with Gasteiger partial charge < -0.3 is 49.5 Å². The Kier molecular flexibility index (Phi) is 13.6. The van der Waals surface area contributed by atoms with Gasteiger partial charge in [-0.1, -0.05) is 72.7 Å². The van der Waals surface area contributed by atoms with E-state index in [2.05, 4.69) is 107 Å². The van der Waals surface area contributed by atoms with Gasteiger partial charge in [-0.3, -0.25) is 9.59 Å². The molecular weight excluding hydrogens is 851 g/mol. The fourth-order valence-corrected chi connectivity index (χ4v) is 10.3. The summed E-state index contributed by atoms with van der Waals surface area (Å²) in [5.74, 6) is 0.771. The number of amides is 4. The maximum Gasteiger partial charge on any atom is 0.407 e. The summed E-state index contributed by atoms with van der Waals surface area (Å²) in [5.41, 5.74) is 8.10. The molecule has 0 bridgehead atoms. The minimum absolute atomic E-state index is 0.00283. The average molecular weight is 918 g/mol. The van der Waals surface area contributed by atoms with Crippen molar-refractivity contribution in [1.29, 1.82) is 0 Å². The van der Waals surface area contributed by atoms with Crippen molar-refractivity contribution >= 4 is 51.8 Å². The number of nitrogens with zero attached hydrogens (tertiary/aromatic N) is 5. The van der Waals surface area contributed by atoms with Gasteiger partial charge in [0.25, 0.3) is 0 Å². The van der Waals surface area contributed by atoms with Crippen LogP contribution >= 0.6 is 0 Å². The van der Waals surface area contributed by atoms with Crippen molar-refractivity contribution in [2.24, 2.45) is 11.8 Å². The molecule has 3 aliphatic rings. The first-order valence-electron chi connectivity index (χ1n) is 23.7. The van der Waals surface area contributed by atoms with Gasteiger partial charge in [-0.05, 0) is 96.0 Å². The zero-order chi connectivity index (χ0) is 47.9. The molecule has 7 atom stereocenters. The molecule has 3 aromatic carbocycles. The Balaban J connectivity index is 1.10. The van der Waals surface area contributed by atoms with Gasteiger partial charge in [0, 0.05) is 32.3 Å². The topological polar surface area (TPSA) is 187 Å². The van der Waals surface area contributed by atoms with Crippen molar-refractivity contribution in [2.75, 3.05) is 39.3 Å². The third-order valence-electron chi connectivity index (χ3n) is 14.1. The fraction of sp³-hybridized carbons (Fsp3) is 0.529. The molecule has 0 spiro atoms. The van der Waals surface area contributed by atoms with Crippen LogP contribution in [-0.2, 0) is 29.2 Å². The summed E-state index contributed by atoms with van der Waals surface area (Å²) < 4.78 is 15.5. The van der Waals surface area contributed by atoms with E-state index in [1.165, 1.54) is 19.8 Å². The number of benzene rings is 3. The van der Waals surface area contributed by atoms with E-state index in [9.17, 15) is 19.2 Å². The van der Waals surface area contributed by atoms with Crippen LogP contribution in [0.5, 0.6) is 0 Å². The Bertz CT molecular complexity index is 2600. The lowest BCUT2D eigenvalue weighted by Gasteiger charge is -2.34. The predicted octanol–water partition coefficient (Wildman–Crippen LogP) is 8.53. The number of alkyl carbamates (subject to hydrolysis) is 2. The average Bonchev–Trinajstić information content (AvgIpc) is 4.17. The molecule has 1 unspecified atom stereocenters. The van der Waals surface area contributed by atoms with Crippen molar-refractivity contribution < 1.29 is 33.4 Å². The number of carbonyl (C=O) groups excluding carboxylic acids is 4. The van der Waals surface area contributed by atoms with Gasteiger partial charge in [-0.2, -0.15) is 0 Å². The number of H-pyrrole nitrogens is 2. The molecule has 67 heavy (non-hydrogen) atoms. The summed E-state index contributed by atoms with van der Waals surface area (Å²) in [6, 6.07) is 19.8. The molecule has 358 valence electrons. The van der Waals surface area contributed by atoms with Gasteiger partial charge in [0.2, 0.25) is 11.8 Å².